The number of fused-ring (bicyclic) bond motifs is 4. The highest BCUT2D eigenvalue weighted by Crippen LogP contribution is 2.53. The Kier molecular flexibility index (Phi) is 7.82. The molecule has 1 fully saturated rings. The molecule has 3 aromatic rings. The van der Waals surface area contributed by atoms with Crippen LogP contribution in [0.2, 0.25) is 0 Å². The second kappa shape index (κ2) is 11.1. The van der Waals surface area contributed by atoms with E-state index >= 15 is 0 Å². The van der Waals surface area contributed by atoms with E-state index in [1.807, 2.05) is 18.9 Å². The van der Waals surface area contributed by atoms with Crippen molar-refractivity contribution in [3.05, 3.63) is 69.4 Å². The second-order valence-corrected chi connectivity index (χ2v) is 12.7. The molecule has 1 amide bonds. The van der Waals surface area contributed by atoms with E-state index in [4.69, 9.17) is 18.9 Å². The average Bonchev–Trinajstić information content (AvgIpc) is 2.97. The Hall–Kier alpha value is -4.22. The maximum Gasteiger partial charge on any atom is 0.241 e. The zero-order chi connectivity index (χ0) is 31.4. The molecule has 2 heterocycles. The third-order valence-electron chi connectivity index (χ3n) is 8.39. The number of aromatic hydroxyl groups is 1. The second-order valence-electron chi connectivity index (χ2n) is 10.8. The van der Waals surface area contributed by atoms with Gasteiger partial charge in [0.25, 0.3) is 0 Å². The summed E-state index contributed by atoms with van der Waals surface area (Å²) < 4.78 is 51.1. The number of likely N-dealkylation sites (N-methyl/N-ethyl adjacent to an activating group) is 1. The highest BCUT2D eigenvalue weighted by Gasteiger charge is 2.46. The zero-order valence-electron chi connectivity index (χ0n) is 25.5. The van der Waals surface area contributed by atoms with Gasteiger partial charge < -0.3 is 29.4 Å². The molecule has 5 rings (SSSR count). The van der Waals surface area contributed by atoms with Crippen molar-refractivity contribution in [2.45, 2.75) is 49.1 Å². The molecule has 2 bridgehead atoms. The van der Waals surface area contributed by atoms with Crippen molar-refractivity contribution in [3.63, 3.8) is 0 Å². The summed E-state index contributed by atoms with van der Waals surface area (Å²) in [5, 5.41) is 14.2. The lowest BCUT2D eigenvalue weighted by atomic mass is 9.81. The molecule has 2 atom stereocenters. The van der Waals surface area contributed by atoms with E-state index < -0.39 is 21.9 Å². The van der Waals surface area contributed by atoms with Crippen molar-refractivity contribution >= 4 is 21.8 Å². The minimum absolute atomic E-state index is 0.0212. The summed E-state index contributed by atoms with van der Waals surface area (Å²) in [6, 6.07) is 7.03. The fourth-order valence-electron chi connectivity index (χ4n) is 6.27. The summed E-state index contributed by atoms with van der Waals surface area (Å²) in [6.45, 7) is 5.28. The monoisotopic (exact) mass is 608 g/mol. The highest BCUT2D eigenvalue weighted by atomic mass is 32.2. The smallest absolute Gasteiger partial charge is 0.241 e. The van der Waals surface area contributed by atoms with Crippen molar-refractivity contribution in [2.24, 2.45) is 0 Å². The number of nitrogens with one attached hydrogen (secondary N) is 1. The quantitative estimate of drug-likeness (QED) is 0.405. The molecule has 43 heavy (non-hydrogen) atoms. The molecule has 2 aliphatic heterocycles. The number of piperazine rings is 1. The van der Waals surface area contributed by atoms with Crippen LogP contribution in [0.15, 0.2) is 45.8 Å². The molecule has 2 N–H and O–H groups in total. The molecule has 2 aliphatic rings. The first-order valence-corrected chi connectivity index (χ1v) is 15.2. The number of sulfone groups is 1. The Labute approximate surface area is 251 Å². The fraction of sp³-hybridized carbons (Fsp3) is 0.344. The lowest BCUT2D eigenvalue weighted by Crippen LogP contribution is -2.57. The van der Waals surface area contributed by atoms with Crippen LogP contribution in [0, 0.1) is 20.8 Å². The molecule has 0 aromatic heterocycles. The number of benzene rings is 3. The molecule has 228 valence electrons. The Morgan fingerprint density at radius 3 is 2.14 bits per heavy atom. The number of methoxy groups -OCH3 is 4. The van der Waals surface area contributed by atoms with E-state index in [9.17, 15) is 18.3 Å². The first-order chi connectivity index (χ1) is 20.4. The Bertz CT molecular complexity index is 1760. The van der Waals surface area contributed by atoms with E-state index in [0.717, 1.165) is 5.56 Å². The lowest BCUT2D eigenvalue weighted by Gasteiger charge is -2.46. The highest BCUT2D eigenvalue weighted by molar-refractivity contribution is 7.91. The van der Waals surface area contributed by atoms with Crippen molar-refractivity contribution in [2.75, 3.05) is 35.5 Å². The van der Waals surface area contributed by atoms with E-state index in [-0.39, 0.29) is 33.6 Å². The van der Waals surface area contributed by atoms with Gasteiger partial charge in [0.05, 0.1) is 50.3 Å². The molecule has 0 aliphatic carbocycles. The largest absolute Gasteiger partial charge is 0.507 e. The van der Waals surface area contributed by atoms with E-state index in [1.54, 1.807) is 50.3 Å². The predicted octanol–water partition coefficient (Wildman–Crippen LogP) is 4.25. The maximum absolute atomic E-state index is 14.2. The minimum Gasteiger partial charge on any atom is -0.507 e. The van der Waals surface area contributed by atoms with Gasteiger partial charge in [0.1, 0.15) is 5.75 Å². The molecule has 1 saturated heterocycles. The predicted molar refractivity (Wildman–Crippen MR) is 161 cm³/mol. The number of ether oxygens (including phenoxy) is 4. The first-order valence-electron chi connectivity index (χ1n) is 13.7. The topological polar surface area (TPSA) is 124 Å². The van der Waals surface area contributed by atoms with Gasteiger partial charge in [-0.3, -0.25) is 9.69 Å². The molecule has 0 spiro atoms. The Morgan fingerprint density at radius 1 is 0.930 bits per heavy atom. The first kappa shape index (κ1) is 30.2. The van der Waals surface area contributed by atoms with Crippen LogP contribution in [0.4, 0.5) is 0 Å². The summed E-state index contributed by atoms with van der Waals surface area (Å²) in [5.41, 5.74) is 3.71. The van der Waals surface area contributed by atoms with Crippen LogP contribution in [-0.2, 0) is 21.1 Å². The third kappa shape index (κ3) is 4.67. The summed E-state index contributed by atoms with van der Waals surface area (Å²) in [6.07, 6.45) is 1.90. The van der Waals surface area contributed by atoms with Crippen molar-refractivity contribution in [1.82, 2.24) is 10.2 Å². The number of rotatable bonds is 7. The molecule has 0 unspecified atom stereocenters. The van der Waals surface area contributed by atoms with Crippen LogP contribution >= 0.6 is 0 Å². The van der Waals surface area contributed by atoms with Gasteiger partial charge in [-0.05, 0) is 57.7 Å². The van der Waals surface area contributed by atoms with Gasteiger partial charge in [-0.25, -0.2) is 8.42 Å². The fourth-order valence-corrected chi connectivity index (χ4v) is 7.92. The van der Waals surface area contributed by atoms with Crippen molar-refractivity contribution in [1.29, 1.82) is 0 Å². The SMILES string of the molecule is COc1cc(/C=C2\NC(=O)[C@@H]3Cc4c(O)c(C)c(OC)c(OC)c4[C@H]2N3C)c(S(=O)(=O)c2ccc(C)cc2)c(C)c1OC. The number of carbonyl (C=O) groups is 1. The number of aryl methyl sites for hydroxylation is 1. The van der Waals surface area contributed by atoms with E-state index in [2.05, 4.69) is 5.32 Å². The van der Waals surface area contributed by atoms with Crippen molar-refractivity contribution < 1.29 is 37.3 Å². The summed E-state index contributed by atoms with van der Waals surface area (Å²) >= 11 is 0. The molecule has 0 radical (unpaired) electrons. The van der Waals surface area contributed by atoms with Gasteiger partial charge in [-0.2, -0.15) is 0 Å². The molecule has 11 heteroatoms. The van der Waals surface area contributed by atoms with Crippen LogP contribution in [-0.4, -0.2) is 65.9 Å². The summed E-state index contributed by atoms with van der Waals surface area (Å²) in [5.74, 6) is 1.19. The number of phenolic OH excluding ortho intramolecular Hbond substituents is 1. The summed E-state index contributed by atoms with van der Waals surface area (Å²) in [7, 11) is 3.71. The number of hydrogen-bond acceptors (Lipinski definition) is 9. The minimum atomic E-state index is -4.06. The van der Waals surface area contributed by atoms with Crippen LogP contribution in [0.5, 0.6) is 28.7 Å². The van der Waals surface area contributed by atoms with Gasteiger partial charge >= 0.3 is 0 Å². The van der Waals surface area contributed by atoms with Gasteiger partial charge in [0.2, 0.25) is 15.7 Å². The number of amides is 1. The van der Waals surface area contributed by atoms with Gasteiger partial charge in [-0.15, -0.1) is 0 Å². The number of phenols is 1. The third-order valence-corrected chi connectivity index (χ3v) is 10.4. The molecule has 10 nitrogen and oxygen atoms in total. The van der Waals surface area contributed by atoms with E-state index in [1.165, 1.54) is 28.4 Å². The zero-order valence-corrected chi connectivity index (χ0v) is 26.3. The molecule has 3 aromatic carbocycles. The normalized spacial score (nSPS) is 19.1. The lowest BCUT2D eigenvalue weighted by molar-refractivity contribution is -0.128. The summed E-state index contributed by atoms with van der Waals surface area (Å²) in [4.78, 5) is 15.5. The number of nitrogens with zero attached hydrogens (tertiary/aromatic N) is 1. The standard InChI is InChI=1S/C32H36N2O8S/c1-16-9-11-20(12-10-16)43(37,38)31-18(3)28(40-6)24(39-5)14-19(31)13-22-26-25-21(15-23(34(26)4)32(36)33-22)27(35)17(2)29(41-7)30(25)42-8/h9-14,23,26,35H,15H2,1-8H3,(H,33,36)/b22-13-/t23-,26-/m0/s1. The maximum atomic E-state index is 14.2. The van der Waals surface area contributed by atoms with Crippen LogP contribution in [0.25, 0.3) is 6.08 Å². The number of carbonyl (C=O) groups excluding carboxylic acids is 1. The molecular weight excluding hydrogens is 572 g/mol. The van der Waals surface area contributed by atoms with Gasteiger partial charge in [0.15, 0.2) is 23.0 Å². The van der Waals surface area contributed by atoms with Gasteiger partial charge in [0, 0.05) is 34.4 Å². The van der Waals surface area contributed by atoms with Crippen molar-refractivity contribution in [3.8, 4) is 28.7 Å². The van der Waals surface area contributed by atoms with Gasteiger partial charge in [-0.1, -0.05) is 17.7 Å². The molecule has 0 saturated carbocycles. The Balaban J connectivity index is 1.83. The number of hydrogen-bond donors (Lipinski definition) is 2. The van der Waals surface area contributed by atoms with Crippen LogP contribution in [0.1, 0.15) is 39.4 Å². The van der Waals surface area contributed by atoms with Crippen LogP contribution < -0.4 is 24.3 Å². The van der Waals surface area contributed by atoms with E-state index in [0.29, 0.717) is 50.8 Å². The average molecular weight is 609 g/mol. The van der Waals surface area contributed by atoms with Crippen LogP contribution in [0.3, 0.4) is 0 Å². The molecular formula is C32H36N2O8S. The Morgan fingerprint density at radius 2 is 1.56 bits per heavy atom.